The summed E-state index contributed by atoms with van der Waals surface area (Å²) in [5.41, 5.74) is 0. The van der Waals surface area contributed by atoms with Crippen LogP contribution in [0.2, 0.25) is 0 Å². The van der Waals surface area contributed by atoms with E-state index in [1.54, 1.807) is 17.6 Å². The lowest BCUT2D eigenvalue weighted by Crippen LogP contribution is -1.62. The van der Waals surface area contributed by atoms with Gasteiger partial charge in [-0.25, -0.2) is 0 Å². The molecule has 17 heavy (non-hydrogen) atoms. The number of aldehydes is 1. The van der Waals surface area contributed by atoms with E-state index in [4.69, 9.17) is 4.42 Å². The highest BCUT2D eigenvalue weighted by atomic mass is 32.1. The molecule has 2 nitrogen and oxygen atoms in total. The number of rotatable bonds is 3. The van der Waals surface area contributed by atoms with E-state index in [2.05, 4.69) is 6.07 Å². The van der Waals surface area contributed by atoms with Gasteiger partial charge in [0.25, 0.3) is 0 Å². The predicted octanol–water partition coefficient (Wildman–Crippen LogP) is 4.55. The molecule has 84 valence electrons. The van der Waals surface area contributed by atoms with Crippen molar-refractivity contribution in [3.8, 4) is 20.4 Å². The summed E-state index contributed by atoms with van der Waals surface area (Å²) in [7, 11) is 0. The Hall–Kier alpha value is -1.65. The molecule has 3 heterocycles. The molecule has 0 aliphatic heterocycles. The normalized spacial score (nSPS) is 10.6. The molecule has 0 amide bonds. The van der Waals surface area contributed by atoms with Gasteiger partial charge >= 0.3 is 0 Å². The standard InChI is InChI=1S/C13H8O2S2/c14-8-9-3-4-12(16-9)13-6-5-11(17-13)10-2-1-7-15-10/h1-8H. The van der Waals surface area contributed by atoms with Gasteiger partial charge in [0.2, 0.25) is 0 Å². The van der Waals surface area contributed by atoms with Crippen LogP contribution in [-0.4, -0.2) is 6.29 Å². The van der Waals surface area contributed by atoms with Crippen molar-refractivity contribution in [2.24, 2.45) is 0 Å². The first-order chi connectivity index (χ1) is 8.36. The van der Waals surface area contributed by atoms with Crippen LogP contribution in [0.3, 0.4) is 0 Å². The largest absolute Gasteiger partial charge is 0.464 e. The Balaban J connectivity index is 1.97. The molecule has 0 radical (unpaired) electrons. The third kappa shape index (κ3) is 1.97. The fourth-order valence-corrected chi connectivity index (χ4v) is 3.46. The average molecular weight is 260 g/mol. The van der Waals surface area contributed by atoms with Gasteiger partial charge in [0.15, 0.2) is 6.29 Å². The summed E-state index contributed by atoms with van der Waals surface area (Å²) in [6, 6.07) is 11.7. The maximum Gasteiger partial charge on any atom is 0.160 e. The zero-order chi connectivity index (χ0) is 11.7. The second kappa shape index (κ2) is 4.31. The van der Waals surface area contributed by atoms with E-state index in [1.807, 2.05) is 30.3 Å². The molecular formula is C13H8O2S2. The monoisotopic (exact) mass is 260 g/mol. The van der Waals surface area contributed by atoms with E-state index in [0.29, 0.717) is 0 Å². The van der Waals surface area contributed by atoms with Crippen LogP contribution in [0.25, 0.3) is 20.4 Å². The number of furan rings is 1. The van der Waals surface area contributed by atoms with Crippen LogP contribution in [-0.2, 0) is 0 Å². The van der Waals surface area contributed by atoms with Crippen LogP contribution in [0.1, 0.15) is 9.67 Å². The van der Waals surface area contributed by atoms with Crippen molar-refractivity contribution in [1.29, 1.82) is 0 Å². The summed E-state index contributed by atoms with van der Waals surface area (Å²) in [4.78, 5) is 14.8. The topological polar surface area (TPSA) is 30.2 Å². The van der Waals surface area contributed by atoms with E-state index in [0.717, 1.165) is 31.6 Å². The first-order valence-electron chi connectivity index (χ1n) is 5.06. The highest BCUT2D eigenvalue weighted by Crippen LogP contribution is 2.37. The number of carbonyl (C=O) groups excluding carboxylic acids is 1. The van der Waals surface area contributed by atoms with E-state index in [-0.39, 0.29) is 0 Å². The molecule has 0 aromatic carbocycles. The molecule has 0 unspecified atom stereocenters. The summed E-state index contributed by atoms with van der Waals surface area (Å²) in [5, 5.41) is 0. The molecular weight excluding hydrogens is 252 g/mol. The van der Waals surface area contributed by atoms with Crippen molar-refractivity contribution < 1.29 is 9.21 Å². The Morgan fingerprint density at radius 1 is 0.941 bits per heavy atom. The van der Waals surface area contributed by atoms with E-state index < -0.39 is 0 Å². The van der Waals surface area contributed by atoms with Crippen molar-refractivity contribution in [2.75, 3.05) is 0 Å². The van der Waals surface area contributed by atoms with Crippen LogP contribution >= 0.6 is 22.7 Å². The Morgan fingerprint density at radius 3 is 2.41 bits per heavy atom. The van der Waals surface area contributed by atoms with Gasteiger partial charge in [-0.1, -0.05) is 0 Å². The number of thiophene rings is 2. The third-order valence-electron chi connectivity index (χ3n) is 2.36. The second-order valence-corrected chi connectivity index (χ2v) is 5.66. The van der Waals surface area contributed by atoms with Gasteiger partial charge < -0.3 is 4.42 Å². The highest BCUT2D eigenvalue weighted by Gasteiger charge is 2.08. The van der Waals surface area contributed by atoms with Crippen LogP contribution in [0.4, 0.5) is 0 Å². The number of carbonyl (C=O) groups is 1. The van der Waals surface area contributed by atoms with Gasteiger partial charge in [0.05, 0.1) is 16.0 Å². The fraction of sp³-hybridized carbons (Fsp3) is 0. The zero-order valence-corrected chi connectivity index (χ0v) is 10.4. The molecule has 0 saturated carbocycles. The minimum absolute atomic E-state index is 0.757. The molecule has 0 aliphatic carbocycles. The van der Waals surface area contributed by atoms with Gasteiger partial charge in [0.1, 0.15) is 5.76 Å². The lowest BCUT2D eigenvalue weighted by Gasteiger charge is -1.89. The minimum Gasteiger partial charge on any atom is -0.464 e. The molecule has 3 aromatic rings. The maximum absolute atomic E-state index is 10.6. The second-order valence-electron chi connectivity index (χ2n) is 3.46. The molecule has 0 aliphatic rings. The summed E-state index contributed by atoms with van der Waals surface area (Å²) in [5.74, 6) is 0.883. The summed E-state index contributed by atoms with van der Waals surface area (Å²) >= 11 is 3.18. The number of hydrogen-bond acceptors (Lipinski definition) is 4. The third-order valence-corrected chi connectivity index (χ3v) is 4.66. The molecule has 0 bridgehead atoms. The minimum atomic E-state index is 0.757. The maximum atomic E-state index is 10.6. The van der Waals surface area contributed by atoms with E-state index >= 15 is 0 Å². The van der Waals surface area contributed by atoms with Crippen molar-refractivity contribution in [3.05, 3.63) is 47.5 Å². The summed E-state index contributed by atoms with van der Waals surface area (Å²) in [6.45, 7) is 0. The Labute approximate surface area is 106 Å². The number of hydrogen-bond donors (Lipinski definition) is 0. The van der Waals surface area contributed by atoms with Gasteiger partial charge in [-0.05, 0) is 36.4 Å². The van der Waals surface area contributed by atoms with Crippen LogP contribution in [0.15, 0.2) is 47.1 Å². The van der Waals surface area contributed by atoms with Gasteiger partial charge in [-0.2, -0.15) is 0 Å². The van der Waals surface area contributed by atoms with Crippen LogP contribution in [0.5, 0.6) is 0 Å². The highest BCUT2D eigenvalue weighted by molar-refractivity contribution is 7.24. The van der Waals surface area contributed by atoms with Crippen LogP contribution < -0.4 is 0 Å². The predicted molar refractivity (Wildman–Crippen MR) is 70.7 cm³/mol. The van der Waals surface area contributed by atoms with Gasteiger partial charge in [-0.15, -0.1) is 22.7 Å². The molecule has 0 fully saturated rings. The molecule has 3 aromatic heterocycles. The lowest BCUT2D eigenvalue weighted by atomic mass is 10.3. The molecule has 0 N–H and O–H groups in total. The lowest BCUT2D eigenvalue weighted by molar-refractivity contribution is 0.112. The molecule has 4 heteroatoms. The SMILES string of the molecule is O=Cc1ccc(-c2ccc(-c3ccco3)s2)s1. The molecule has 0 saturated heterocycles. The molecule has 3 rings (SSSR count). The van der Waals surface area contributed by atoms with Crippen molar-refractivity contribution in [1.82, 2.24) is 0 Å². The summed E-state index contributed by atoms with van der Waals surface area (Å²) in [6.07, 6.45) is 2.56. The summed E-state index contributed by atoms with van der Waals surface area (Å²) < 4.78 is 5.35. The zero-order valence-electron chi connectivity index (χ0n) is 8.75. The smallest absolute Gasteiger partial charge is 0.160 e. The van der Waals surface area contributed by atoms with Crippen molar-refractivity contribution >= 4 is 29.0 Å². The first-order valence-corrected chi connectivity index (χ1v) is 6.69. The van der Waals surface area contributed by atoms with Gasteiger partial charge in [-0.3, -0.25) is 4.79 Å². The first kappa shape index (κ1) is 10.5. The van der Waals surface area contributed by atoms with Gasteiger partial charge in [0, 0.05) is 9.75 Å². The Bertz CT molecular complexity index is 632. The fourth-order valence-electron chi connectivity index (χ4n) is 1.57. The van der Waals surface area contributed by atoms with E-state index in [9.17, 15) is 4.79 Å². The Morgan fingerprint density at radius 2 is 1.71 bits per heavy atom. The molecule has 0 spiro atoms. The van der Waals surface area contributed by atoms with Crippen molar-refractivity contribution in [2.45, 2.75) is 0 Å². The van der Waals surface area contributed by atoms with Crippen molar-refractivity contribution in [3.63, 3.8) is 0 Å². The van der Waals surface area contributed by atoms with Crippen LogP contribution in [0, 0.1) is 0 Å². The Kier molecular flexibility index (Phi) is 2.66. The van der Waals surface area contributed by atoms with E-state index in [1.165, 1.54) is 11.3 Å². The quantitative estimate of drug-likeness (QED) is 0.647. The average Bonchev–Trinajstić information content (AvgIpc) is 3.09. The molecule has 0 atom stereocenters.